The van der Waals surface area contributed by atoms with Crippen LogP contribution in [0.1, 0.15) is 31.0 Å². The van der Waals surface area contributed by atoms with Crippen LogP contribution >= 0.6 is 22.9 Å². The molecule has 176 valence electrons. The van der Waals surface area contributed by atoms with E-state index in [1.807, 2.05) is 0 Å². The fourth-order valence-electron chi connectivity index (χ4n) is 4.48. The molecule has 0 radical (unpaired) electrons. The topological polar surface area (TPSA) is 98.0 Å². The number of para-hydroxylation sites is 1. The summed E-state index contributed by atoms with van der Waals surface area (Å²) >= 11 is 7.52. The number of imide groups is 1. The van der Waals surface area contributed by atoms with Gasteiger partial charge in [0.2, 0.25) is 5.91 Å². The lowest BCUT2D eigenvalue weighted by Gasteiger charge is -2.25. The molecule has 0 saturated carbocycles. The average molecular weight is 508 g/mol. The van der Waals surface area contributed by atoms with Crippen molar-refractivity contribution in [3.05, 3.63) is 95.6 Å². The van der Waals surface area contributed by atoms with E-state index in [1.54, 1.807) is 55.5 Å². The van der Waals surface area contributed by atoms with Gasteiger partial charge in [0, 0.05) is 17.5 Å². The van der Waals surface area contributed by atoms with E-state index < -0.39 is 29.4 Å². The number of hydrogen-bond donors (Lipinski definition) is 0. The van der Waals surface area contributed by atoms with E-state index in [9.17, 15) is 19.2 Å². The molecule has 8 nitrogen and oxygen atoms in total. The molecule has 2 aliphatic heterocycles. The molecule has 3 heterocycles. The molecule has 0 spiro atoms. The SMILES string of the molecule is COC(=O)C1=C(C)N=c2s/c(=C3\C(=O)N(C(C)=O)c4ccccc43)c(=O)n2[C@@H]1c1ccccc1Cl. The maximum absolute atomic E-state index is 13.9. The van der Waals surface area contributed by atoms with Crippen molar-refractivity contribution in [3.8, 4) is 0 Å². The van der Waals surface area contributed by atoms with E-state index in [0.717, 1.165) is 16.2 Å². The zero-order chi connectivity index (χ0) is 25.0. The van der Waals surface area contributed by atoms with Crippen molar-refractivity contribution in [2.75, 3.05) is 12.0 Å². The Bertz CT molecular complexity index is 1670. The third kappa shape index (κ3) is 3.38. The summed E-state index contributed by atoms with van der Waals surface area (Å²) in [5.41, 5.74) is 1.58. The third-order valence-electron chi connectivity index (χ3n) is 5.98. The molecule has 0 fully saturated rings. The molecule has 0 unspecified atom stereocenters. The summed E-state index contributed by atoms with van der Waals surface area (Å²) in [6.07, 6.45) is 0. The molecule has 3 aromatic rings. The second-order valence-corrected chi connectivity index (χ2v) is 9.35. The Balaban J connectivity index is 1.88. The van der Waals surface area contributed by atoms with Crippen LogP contribution in [0.4, 0.5) is 5.69 Å². The van der Waals surface area contributed by atoms with Crippen LogP contribution in [-0.2, 0) is 19.1 Å². The highest BCUT2D eigenvalue weighted by Gasteiger charge is 2.38. The summed E-state index contributed by atoms with van der Waals surface area (Å²) in [7, 11) is 1.25. The standard InChI is InChI=1S/C25H18ClN3O5S/c1-12-18(24(33)34-3)20(14-8-4-6-10-16(14)26)29-23(32)21(35-25(29)27-12)19-15-9-5-7-11-17(15)28(13(2)30)22(19)31/h4-11,20H,1-3H3/b21-19-/t20-/m1/s1. The van der Waals surface area contributed by atoms with Crippen LogP contribution in [-0.4, -0.2) is 29.5 Å². The van der Waals surface area contributed by atoms with Crippen LogP contribution in [0.5, 0.6) is 0 Å². The van der Waals surface area contributed by atoms with Crippen molar-refractivity contribution in [2.45, 2.75) is 19.9 Å². The van der Waals surface area contributed by atoms with Gasteiger partial charge >= 0.3 is 5.97 Å². The van der Waals surface area contributed by atoms with Crippen LogP contribution < -0.4 is 19.8 Å². The summed E-state index contributed by atoms with van der Waals surface area (Å²) in [5, 5.41) is 0.358. The van der Waals surface area contributed by atoms with Gasteiger partial charge in [-0.1, -0.05) is 59.3 Å². The Labute approximate surface area is 208 Å². The lowest BCUT2D eigenvalue weighted by Crippen LogP contribution is -2.41. The number of halogens is 1. The number of amides is 2. The minimum Gasteiger partial charge on any atom is -0.466 e. The van der Waals surface area contributed by atoms with E-state index >= 15 is 0 Å². The molecule has 2 aliphatic rings. The number of carbonyl (C=O) groups excluding carboxylic acids is 3. The second-order valence-electron chi connectivity index (χ2n) is 7.97. The number of benzene rings is 2. The molecule has 1 aromatic heterocycles. The van der Waals surface area contributed by atoms with Gasteiger partial charge in [0.1, 0.15) is 10.6 Å². The summed E-state index contributed by atoms with van der Waals surface area (Å²) in [6, 6.07) is 12.8. The minimum absolute atomic E-state index is 0.123. The van der Waals surface area contributed by atoms with E-state index in [4.69, 9.17) is 16.3 Å². The zero-order valence-corrected chi connectivity index (χ0v) is 20.4. The van der Waals surface area contributed by atoms with Gasteiger partial charge in [-0.25, -0.2) is 14.7 Å². The Hall–Kier alpha value is -3.82. The van der Waals surface area contributed by atoms with E-state index in [-0.39, 0.29) is 15.7 Å². The number of nitrogens with zero attached hydrogens (tertiary/aromatic N) is 3. The fourth-order valence-corrected chi connectivity index (χ4v) is 5.86. The molecule has 0 aliphatic carbocycles. The van der Waals surface area contributed by atoms with Crippen molar-refractivity contribution >= 4 is 52.0 Å². The number of ether oxygens (including phenoxy) is 1. The van der Waals surface area contributed by atoms with Gasteiger partial charge in [0.25, 0.3) is 11.5 Å². The van der Waals surface area contributed by atoms with Gasteiger partial charge in [-0.2, -0.15) is 0 Å². The molecule has 35 heavy (non-hydrogen) atoms. The normalized spacial score (nSPS) is 18.2. The number of anilines is 1. The Morgan fingerprint density at radius 2 is 1.77 bits per heavy atom. The molecule has 1 atom stereocenters. The maximum Gasteiger partial charge on any atom is 0.338 e. The van der Waals surface area contributed by atoms with Crippen molar-refractivity contribution in [3.63, 3.8) is 0 Å². The first kappa shape index (κ1) is 22.9. The summed E-state index contributed by atoms with van der Waals surface area (Å²) in [5.74, 6) is -1.68. The molecular formula is C25H18ClN3O5S. The van der Waals surface area contributed by atoms with Crippen molar-refractivity contribution in [2.24, 2.45) is 4.99 Å². The largest absolute Gasteiger partial charge is 0.466 e. The number of fused-ring (bicyclic) bond motifs is 2. The lowest BCUT2D eigenvalue weighted by atomic mass is 9.96. The van der Waals surface area contributed by atoms with Crippen molar-refractivity contribution < 1.29 is 19.1 Å². The van der Waals surface area contributed by atoms with Gasteiger partial charge in [-0.3, -0.25) is 19.0 Å². The summed E-state index contributed by atoms with van der Waals surface area (Å²) < 4.78 is 6.49. The van der Waals surface area contributed by atoms with Crippen LogP contribution in [0.25, 0.3) is 5.57 Å². The van der Waals surface area contributed by atoms with E-state index in [1.165, 1.54) is 18.6 Å². The molecule has 0 saturated heterocycles. The van der Waals surface area contributed by atoms with Crippen LogP contribution in [0, 0.1) is 0 Å². The minimum atomic E-state index is -0.905. The lowest BCUT2D eigenvalue weighted by molar-refractivity contribution is -0.136. The smallest absolute Gasteiger partial charge is 0.338 e. The Kier molecular flexibility index (Phi) is 5.53. The molecule has 0 N–H and O–H groups in total. The van der Waals surface area contributed by atoms with Gasteiger partial charge in [0.15, 0.2) is 4.80 Å². The van der Waals surface area contributed by atoms with Crippen molar-refractivity contribution in [1.82, 2.24) is 4.57 Å². The highest BCUT2D eigenvalue weighted by Crippen LogP contribution is 2.36. The number of methoxy groups -OCH3 is 1. The average Bonchev–Trinajstić information content (AvgIpc) is 3.30. The highest BCUT2D eigenvalue weighted by molar-refractivity contribution is 7.07. The third-order valence-corrected chi connectivity index (χ3v) is 7.37. The first-order valence-corrected chi connectivity index (χ1v) is 11.8. The predicted octanol–water partition coefficient (Wildman–Crippen LogP) is 2.32. The number of rotatable bonds is 2. The van der Waals surface area contributed by atoms with Crippen molar-refractivity contribution in [1.29, 1.82) is 0 Å². The first-order chi connectivity index (χ1) is 16.8. The monoisotopic (exact) mass is 507 g/mol. The first-order valence-electron chi connectivity index (χ1n) is 10.6. The van der Waals surface area contributed by atoms with Gasteiger partial charge in [0.05, 0.1) is 29.6 Å². The zero-order valence-electron chi connectivity index (χ0n) is 18.9. The van der Waals surface area contributed by atoms with Crippen LogP contribution in [0.15, 0.2) is 69.6 Å². The summed E-state index contributed by atoms with van der Waals surface area (Å²) in [6.45, 7) is 2.95. The van der Waals surface area contributed by atoms with Gasteiger partial charge in [-0.15, -0.1) is 0 Å². The molecule has 2 aromatic carbocycles. The fraction of sp³-hybridized carbons (Fsp3) is 0.160. The molecule has 0 bridgehead atoms. The predicted molar refractivity (Wildman–Crippen MR) is 131 cm³/mol. The number of allylic oxidation sites excluding steroid dienone is 1. The quantitative estimate of drug-likeness (QED) is 0.496. The molecule has 5 rings (SSSR count). The molecule has 10 heteroatoms. The maximum atomic E-state index is 13.9. The number of aromatic nitrogens is 1. The van der Waals surface area contributed by atoms with Gasteiger partial charge in [-0.05, 0) is 24.6 Å². The molecule has 2 amide bonds. The number of hydrogen-bond acceptors (Lipinski definition) is 7. The molecular weight excluding hydrogens is 490 g/mol. The van der Waals surface area contributed by atoms with Gasteiger partial charge < -0.3 is 4.74 Å². The Morgan fingerprint density at radius 3 is 2.46 bits per heavy atom. The van der Waals surface area contributed by atoms with Crippen LogP contribution in [0.2, 0.25) is 5.02 Å². The summed E-state index contributed by atoms with van der Waals surface area (Å²) in [4.78, 5) is 58.2. The van der Waals surface area contributed by atoms with Crippen LogP contribution in [0.3, 0.4) is 0 Å². The highest BCUT2D eigenvalue weighted by atomic mass is 35.5. The van der Waals surface area contributed by atoms with E-state index in [0.29, 0.717) is 32.3 Å². The number of thiazole rings is 1. The number of carbonyl (C=O) groups is 3. The Morgan fingerprint density at radius 1 is 1.09 bits per heavy atom. The number of esters is 1. The van der Waals surface area contributed by atoms with E-state index in [2.05, 4.69) is 4.99 Å². The second kappa shape index (κ2) is 8.44.